The van der Waals surface area contributed by atoms with Gasteiger partial charge in [-0.05, 0) is 18.1 Å². The van der Waals surface area contributed by atoms with Crippen LogP contribution < -0.4 is 10.6 Å². The molecule has 21 heavy (non-hydrogen) atoms. The van der Waals surface area contributed by atoms with E-state index < -0.39 is 12.0 Å². The number of urea groups is 1. The second-order valence-corrected chi connectivity index (χ2v) is 4.06. The van der Waals surface area contributed by atoms with Crippen molar-refractivity contribution in [3.8, 4) is 0 Å². The summed E-state index contributed by atoms with van der Waals surface area (Å²) in [6.45, 7) is 0.288. The summed E-state index contributed by atoms with van der Waals surface area (Å²) in [4.78, 5) is 26.4. The Morgan fingerprint density at radius 2 is 2.00 bits per heavy atom. The van der Waals surface area contributed by atoms with E-state index in [2.05, 4.69) is 25.8 Å². The van der Waals surface area contributed by atoms with E-state index in [1.165, 1.54) is 18.5 Å². The Hall–Kier alpha value is -3.03. The van der Waals surface area contributed by atoms with Gasteiger partial charge in [0.25, 0.3) is 5.95 Å². The van der Waals surface area contributed by atoms with Crippen LogP contribution in [0.3, 0.4) is 0 Å². The maximum atomic E-state index is 11.6. The topological polar surface area (TPSA) is 117 Å². The van der Waals surface area contributed by atoms with Crippen LogP contribution in [0, 0.1) is 0 Å². The standard InChI is InChI=1S/C13H13N5O3/c19-11(20)10-4-2-1-3-9(10)5-6-15-13(21)17-12-14-7-8-16-18-12/h1-4,7-8H,5-6H2,(H,19,20)(H2,14,15,17,18,21). The quantitative estimate of drug-likeness (QED) is 0.753. The van der Waals surface area contributed by atoms with E-state index in [1.54, 1.807) is 18.2 Å². The highest BCUT2D eigenvalue weighted by Gasteiger charge is 2.09. The largest absolute Gasteiger partial charge is 0.478 e. The molecule has 0 fully saturated rings. The Kier molecular flexibility index (Phi) is 4.75. The minimum Gasteiger partial charge on any atom is -0.478 e. The summed E-state index contributed by atoms with van der Waals surface area (Å²) in [5.74, 6) is -0.889. The third-order valence-electron chi connectivity index (χ3n) is 2.64. The van der Waals surface area contributed by atoms with Crippen LogP contribution in [0.25, 0.3) is 0 Å². The number of carbonyl (C=O) groups is 2. The molecule has 0 spiro atoms. The molecule has 0 saturated heterocycles. The zero-order valence-electron chi connectivity index (χ0n) is 11.0. The molecule has 0 aliphatic rings. The predicted octanol–water partition coefficient (Wildman–Crippen LogP) is 0.934. The maximum absolute atomic E-state index is 11.6. The van der Waals surface area contributed by atoms with Crippen LogP contribution in [0.2, 0.25) is 0 Å². The molecule has 3 N–H and O–H groups in total. The predicted molar refractivity (Wildman–Crippen MR) is 74.0 cm³/mol. The Balaban J connectivity index is 1.84. The lowest BCUT2D eigenvalue weighted by atomic mass is 10.0. The first-order valence-electron chi connectivity index (χ1n) is 6.16. The van der Waals surface area contributed by atoms with E-state index in [4.69, 9.17) is 5.11 Å². The molecule has 0 radical (unpaired) electrons. The van der Waals surface area contributed by atoms with Crippen molar-refractivity contribution in [2.45, 2.75) is 6.42 Å². The first-order chi connectivity index (χ1) is 10.2. The normalized spacial score (nSPS) is 9.90. The molecule has 1 aromatic carbocycles. The fourth-order valence-electron chi connectivity index (χ4n) is 1.71. The lowest BCUT2D eigenvalue weighted by Crippen LogP contribution is -2.31. The Bertz CT molecular complexity index is 633. The van der Waals surface area contributed by atoms with Crippen molar-refractivity contribution in [1.29, 1.82) is 0 Å². The van der Waals surface area contributed by atoms with Gasteiger partial charge in [-0.25, -0.2) is 14.6 Å². The first-order valence-corrected chi connectivity index (χ1v) is 6.16. The molecule has 0 bridgehead atoms. The fraction of sp³-hybridized carbons (Fsp3) is 0.154. The monoisotopic (exact) mass is 287 g/mol. The Morgan fingerprint density at radius 3 is 2.71 bits per heavy atom. The number of nitrogens with one attached hydrogen (secondary N) is 2. The number of nitrogens with zero attached hydrogens (tertiary/aromatic N) is 3. The van der Waals surface area contributed by atoms with Gasteiger partial charge in [-0.2, -0.15) is 5.10 Å². The molecule has 0 aliphatic carbocycles. The summed E-state index contributed by atoms with van der Waals surface area (Å²) in [5.41, 5.74) is 0.887. The Labute approximate surface area is 120 Å². The number of carbonyl (C=O) groups excluding carboxylic acids is 1. The van der Waals surface area contributed by atoms with Gasteiger partial charge in [-0.1, -0.05) is 18.2 Å². The van der Waals surface area contributed by atoms with Crippen LogP contribution in [0.15, 0.2) is 36.7 Å². The molecule has 8 heteroatoms. The van der Waals surface area contributed by atoms with Crippen molar-refractivity contribution < 1.29 is 14.7 Å². The second kappa shape index (κ2) is 6.94. The second-order valence-electron chi connectivity index (χ2n) is 4.06. The minimum atomic E-state index is -0.987. The number of hydrogen-bond donors (Lipinski definition) is 3. The SMILES string of the molecule is O=C(NCCc1ccccc1C(=O)O)Nc1nccnn1. The molecule has 2 rings (SSSR count). The third kappa shape index (κ3) is 4.23. The van der Waals surface area contributed by atoms with Crippen molar-refractivity contribution in [2.75, 3.05) is 11.9 Å². The van der Waals surface area contributed by atoms with Gasteiger partial charge in [0.15, 0.2) is 0 Å². The number of carboxylic acids is 1. The summed E-state index contributed by atoms with van der Waals surface area (Å²) in [6.07, 6.45) is 3.21. The smallest absolute Gasteiger partial charge is 0.335 e. The van der Waals surface area contributed by atoms with Crippen molar-refractivity contribution in [3.63, 3.8) is 0 Å². The molecule has 1 heterocycles. The zero-order chi connectivity index (χ0) is 15.1. The van der Waals surface area contributed by atoms with E-state index >= 15 is 0 Å². The molecule has 108 valence electrons. The summed E-state index contributed by atoms with van der Waals surface area (Å²) in [5, 5.41) is 21.2. The summed E-state index contributed by atoms with van der Waals surface area (Å²) in [6, 6.07) is 6.18. The first kappa shape index (κ1) is 14.4. The average molecular weight is 287 g/mol. The number of aromatic nitrogens is 3. The number of rotatable bonds is 5. The lowest BCUT2D eigenvalue weighted by Gasteiger charge is -2.07. The van der Waals surface area contributed by atoms with Crippen molar-refractivity contribution in [3.05, 3.63) is 47.8 Å². The fourth-order valence-corrected chi connectivity index (χ4v) is 1.71. The van der Waals surface area contributed by atoms with E-state index in [9.17, 15) is 9.59 Å². The molecule has 0 saturated carbocycles. The molecular weight excluding hydrogens is 274 g/mol. The van der Waals surface area contributed by atoms with Crippen LogP contribution in [0.4, 0.5) is 10.7 Å². The lowest BCUT2D eigenvalue weighted by molar-refractivity contribution is 0.0695. The van der Waals surface area contributed by atoms with Gasteiger partial charge >= 0.3 is 12.0 Å². The van der Waals surface area contributed by atoms with Crippen molar-refractivity contribution >= 4 is 17.9 Å². The molecule has 0 aliphatic heterocycles. The average Bonchev–Trinajstić information content (AvgIpc) is 2.48. The number of carboxylic acid groups (broad SMARTS) is 1. The minimum absolute atomic E-state index is 0.0981. The van der Waals surface area contributed by atoms with Crippen molar-refractivity contribution in [2.24, 2.45) is 0 Å². The number of amides is 2. The summed E-state index contributed by atoms with van der Waals surface area (Å²) in [7, 11) is 0. The van der Waals surface area contributed by atoms with Crippen LogP contribution in [0.1, 0.15) is 15.9 Å². The highest BCUT2D eigenvalue weighted by Crippen LogP contribution is 2.08. The van der Waals surface area contributed by atoms with Gasteiger partial charge in [0.2, 0.25) is 0 Å². The maximum Gasteiger partial charge on any atom is 0.335 e. The summed E-state index contributed by atoms with van der Waals surface area (Å²) >= 11 is 0. The molecule has 0 atom stereocenters. The third-order valence-corrected chi connectivity index (χ3v) is 2.64. The summed E-state index contributed by atoms with van der Waals surface area (Å²) < 4.78 is 0. The van der Waals surface area contributed by atoms with Gasteiger partial charge in [0.1, 0.15) is 0 Å². The van der Waals surface area contributed by atoms with E-state index in [0.29, 0.717) is 12.0 Å². The molecule has 2 amide bonds. The highest BCUT2D eigenvalue weighted by atomic mass is 16.4. The Morgan fingerprint density at radius 1 is 1.19 bits per heavy atom. The van der Waals surface area contributed by atoms with E-state index in [1.807, 2.05) is 0 Å². The number of anilines is 1. The van der Waals surface area contributed by atoms with E-state index in [-0.39, 0.29) is 18.1 Å². The van der Waals surface area contributed by atoms with Gasteiger partial charge in [0, 0.05) is 6.54 Å². The van der Waals surface area contributed by atoms with Gasteiger partial charge in [0.05, 0.1) is 18.0 Å². The number of aromatic carboxylic acids is 1. The molecular formula is C13H13N5O3. The van der Waals surface area contributed by atoms with Crippen molar-refractivity contribution in [1.82, 2.24) is 20.5 Å². The van der Waals surface area contributed by atoms with Crippen LogP contribution in [-0.4, -0.2) is 38.8 Å². The van der Waals surface area contributed by atoms with Gasteiger partial charge in [-0.15, -0.1) is 5.10 Å². The van der Waals surface area contributed by atoms with Crippen LogP contribution in [0.5, 0.6) is 0 Å². The zero-order valence-corrected chi connectivity index (χ0v) is 11.0. The highest BCUT2D eigenvalue weighted by molar-refractivity contribution is 5.89. The van der Waals surface area contributed by atoms with Gasteiger partial charge < -0.3 is 10.4 Å². The molecule has 1 aromatic heterocycles. The molecule has 2 aromatic rings. The van der Waals surface area contributed by atoms with E-state index in [0.717, 1.165) is 0 Å². The van der Waals surface area contributed by atoms with Crippen LogP contribution >= 0.6 is 0 Å². The van der Waals surface area contributed by atoms with Gasteiger partial charge in [-0.3, -0.25) is 5.32 Å². The molecule has 8 nitrogen and oxygen atoms in total. The molecule has 0 unspecified atom stereocenters. The van der Waals surface area contributed by atoms with Crippen LogP contribution in [-0.2, 0) is 6.42 Å². The number of benzene rings is 1. The number of hydrogen-bond acceptors (Lipinski definition) is 5.